The van der Waals surface area contributed by atoms with Crippen molar-refractivity contribution in [3.05, 3.63) is 24.3 Å². The van der Waals surface area contributed by atoms with E-state index in [1.807, 2.05) is 14.1 Å². The van der Waals surface area contributed by atoms with Gasteiger partial charge in [-0.15, -0.1) is 24.8 Å². The van der Waals surface area contributed by atoms with E-state index in [-0.39, 0.29) is 49.1 Å². The van der Waals surface area contributed by atoms with E-state index >= 15 is 0 Å². The quantitative estimate of drug-likeness (QED) is 0.728. The van der Waals surface area contributed by atoms with E-state index in [1.54, 1.807) is 36.1 Å². The van der Waals surface area contributed by atoms with Crippen molar-refractivity contribution in [2.24, 2.45) is 5.73 Å². The Kier molecular flexibility index (Phi) is 11.7. The molecule has 22 heavy (non-hydrogen) atoms. The van der Waals surface area contributed by atoms with Gasteiger partial charge < -0.3 is 21.3 Å². The predicted octanol–water partition coefficient (Wildman–Crippen LogP) is 1.71. The molecule has 1 unspecified atom stereocenters. The van der Waals surface area contributed by atoms with Crippen LogP contribution in [0.15, 0.2) is 24.3 Å². The summed E-state index contributed by atoms with van der Waals surface area (Å²) in [6, 6.07) is 6.80. The number of nitrogens with zero attached hydrogens (tertiary/aromatic N) is 1. The number of nitrogens with one attached hydrogen (secondary N) is 2. The van der Waals surface area contributed by atoms with Gasteiger partial charge in [-0.25, -0.2) is 0 Å². The molecule has 0 radical (unpaired) electrons. The van der Waals surface area contributed by atoms with E-state index in [2.05, 4.69) is 10.6 Å². The van der Waals surface area contributed by atoms with Crippen molar-refractivity contribution in [1.29, 1.82) is 0 Å². The number of carbonyl (C=O) groups excluding carboxylic acids is 2. The van der Waals surface area contributed by atoms with Gasteiger partial charge in [-0.05, 0) is 45.3 Å². The lowest BCUT2D eigenvalue weighted by molar-refractivity contribution is -0.117. The summed E-state index contributed by atoms with van der Waals surface area (Å²) >= 11 is 0. The number of likely N-dealkylation sites (N-methyl/N-ethyl adjacent to an activating group) is 1. The lowest BCUT2D eigenvalue weighted by atomic mass is 10.2. The minimum absolute atomic E-state index is 0. The highest BCUT2D eigenvalue weighted by Crippen LogP contribution is 2.13. The molecule has 0 saturated carbocycles. The molecule has 1 rings (SSSR count). The molecule has 8 heteroatoms. The second kappa shape index (κ2) is 11.3. The van der Waals surface area contributed by atoms with Crippen molar-refractivity contribution in [3.8, 4) is 0 Å². The molecule has 0 aliphatic carbocycles. The summed E-state index contributed by atoms with van der Waals surface area (Å²) in [7, 11) is 3.66. The maximum atomic E-state index is 11.6. The van der Waals surface area contributed by atoms with Gasteiger partial charge in [0.1, 0.15) is 0 Å². The van der Waals surface area contributed by atoms with E-state index in [0.29, 0.717) is 17.9 Å². The zero-order chi connectivity index (χ0) is 15.1. The van der Waals surface area contributed by atoms with Crippen LogP contribution < -0.4 is 16.4 Å². The third-order valence-corrected chi connectivity index (χ3v) is 2.42. The Morgan fingerprint density at radius 3 is 1.82 bits per heavy atom. The van der Waals surface area contributed by atoms with E-state index in [1.165, 1.54) is 0 Å². The molecule has 0 bridgehead atoms. The number of carbonyl (C=O) groups is 2. The molecular formula is C14H24Cl2N4O2. The molecule has 1 aromatic carbocycles. The van der Waals surface area contributed by atoms with Crippen LogP contribution in [-0.4, -0.2) is 43.4 Å². The van der Waals surface area contributed by atoms with Crippen molar-refractivity contribution in [2.75, 3.05) is 31.3 Å². The predicted molar refractivity (Wildman–Crippen MR) is 95.0 cm³/mol. The van der Waals surface area contributed by atoms with Gasteiger partial charge in [-0.3, -0.25) is 9.59 Å². The maximum absolute atomic E-state index is 11.6. The summed E-state index contributed by atoms with van der Waals surface area (Å²) in [4.78, 5) is 24.9. The van der Waals surface area contributed by atoms with Crippen LogP contribution in [0.25, 0.3) is 0 Å². The average molecular weight is 351 g/mol. The first kappa shape index (κ1) is 22.9. The van der Waals surface area contributed by atoms with E-state index < -0.39 is 0 Å². The van der Waals surface area contributed by atoms with Crippen LogP contribution in [0.2, 0.25) is 0 Å². The smallest absolute Gasteiger partial charge is 0.238 e. The lowest BCUT2D eigenvalue weighted by Gasteiger charge is -2.11. The van der Waals surface area contributed by atoms with Crippen LogP contribution >= 0.6 is 24.8 Å². The Morgan fingerprint density at radius 1 is 1.05 bits per heavy atom. The first-order valence-corrected chi connectivity index (χ1v) is 6.47. The second-order valence-corrected chi connectivity index (χ2v) is 5.09. The highest BCUT2D eigenvalue weighted by Gasteiger charge is 2.06. The van der Waals surface area contributed by atoms with Crippen molar-refractivity contribution in [3.63, 3.8) is 0 Å². The fourth-order valence-electron chi connectivity index (χ4n) is 1.63. The van der Waals surface area contributed by atoms with Gasteiger partial charge in [0.05, 0.1) is 6.54 Å². The number of amides is 2. The summed E-state index contributed by atoms with van der Waals surface area (Å²) < 4.78 is 0. The monoisotopic (exact) mass is 350 g/mol. The molecule has 1 atom stereocenters. The van der Waals surface area contributed by atoms with Gasteiger partial charge in [0.2, 0.25) is 11.8 Å². The topological polar surface area (TPSA) is 87.5 Å². The number of halogens is 2. The Balaban J connectivity index is 0. The molecule has 0 heterocycles. The standard InChI is InChI=1S/C14H22N4O2.2ClH/c1-10(15)8-13(19)16-11-4-6-12(7-5-11)17-14(20)9-18(2)3;;/h4-7,10H,8-9,15H2,1-3H3,(H,16,19)(H,17,20);2*1H. The summed E-state index contributed by atoms with van der Waals surface area (Å²) in [6.07, 6.45) is 0.279. The van der Waals surface area contributed by atoms with Crippen LogP contribution in [0, 0.1) is 0 Å². The number of benzene rings is 1. The average Bonchev–Trinajstić information content (AvgIpc) is 2.29. The molecule has 0 aliphatic heterocycles. The third-order valence-electron chi connectivity index (χ3n) is 2.42. The normalized spacial score (nSPS) is 11.0. The zero-order valence-electron chi connectivity index (χ0n) is 13.0. The third kappa shape index (κ3) is 9.57. The van der Waals surface area contributed by atoms with Crippen LogP contribution in [-0.2, 0) is 9.59 Å². The SMILES string of the molecule is CC(N)CC(=O)Nc1ccc(NC(=O)CN(C)C)cc1.Cl.Cl. The van der Waals surface area contributed by atoms with Gasteiger partial charge in [-0.2, -0.15) is 0 Å². The van der Waals surface area contributed by atoms with Gasteiger partial charge in [0.25, 0.3) is 0 Å². The van der Waals surface area contributed by atoms with E-state index in [0.717, 1.165) is 0 Å². The largest absolute Gasteiger partial charge is 0.327 e. The molecule has 1 aromatic rings. The Labute approximate surface area is 143 Å². The number of anilines is 2. The minimum atomic E-state index is -0.167. The maximum Gasteiger partial charge on any atom is 0.238 e. The van der Waals surface area contributed by atoms with Crippen LogP contribution in [0.4, 0.5) is 11.4 Å². The zero-order valence-corrected chi connectivity index (χ0v) is 14.6. The molecule has 4 N–H and O–H groups in total. The first-order chi connectivity index (χ1) is 9.36. The molecule has 0 aromatic heterocycles. The van der Waals surface area contributed by atoms with Gasteiger partial charge in [0.15, 0.2) is 0 Å². The summed E-state index contributed by atoms with van der Waals surface area (Å²) in [6.45, 7) is 2.11. The van der Waals surface area contributed by atoms with Gasteiger partial charge in [-0.1, -0.05) is 0 Å². The summed E-state index contributed by atoms with van der Waals surface area (Å²) in [5, 5.41) is 5.52. The number of hydrogen-bond donors (Lipinski definition) is 3. The van der Waals surface area contributed by atoms with E-state index in [9.17, 15) is 9.59 Å². The van der Waals surface area contributed by atoms with Gasteiger partial charge in [0, 0.05) is 23.8 Å². The van der Waals surface area contributed by atoms with Crippen LogP contribution in [0.5, 0.6) is 0 Å². The fraction of sp³-hybridized carbons (Fsp3) is 0.429. The summed E-state index contributed by atoms with van der Waals surface area (Å²) in [5.41, 5.74) is 6.93. The molecule has 0 fully saturated rings. The Morgan fingerprint density at radius 2 is 1.45 bits per heavy atom. The molecule has 0 spiro atoms. The second-order valence-electron chi connectivity index (χ2n) is 5.09. The van der Waals surface area contributed by atoms with Crippen molar-refractivity contribution in [1.82, 2.24) is 4.90 Å². The van der Waals surface area contributed by atoms with E-state index in [4.69, 9.17) is 5.73 Å². The molecule has 126 valence electrons. The Bertz CT molecular complexity index is 421. The fourth-order valence-corrected chi connectivity index (χ4v) is 1.63. The molecule has 0 saturated heterocycles. The van der Waals surface area contributed by atoms with Crippen molar-refractivity contribution >= 4 is 48.0 Å². The number of rotatable bonds is 6. The van der Waals surface area contributed by atoms with Crippen molar-refractivity contribution in [2.45, 2.75) is 19.4 Å². The van der Waals surface area contributed by atoms with Crippen LogP contribution in [0.1, 0.15) is 13.3 Å². The van der Waals surface area contributed by atoms with Crippen LogP contribution in [0.3, 0.4) is 0 Å². The lowest BCUT2D eigenvalue weighted by Crippen LogP contribution is -2.27. The Hall–Kier alpha value is -1.34. The molecule has 6 nitrogen and oxygen atoms in total. The molecular weight excluding hydrogens is 327 g/mol. The molecule has 0 aliphatic rings. The molecule has 2 amide bonds. The van der Waals surface area contributed by atoms with Crippen molar-refractivity contribution < 1.29 is 9.59 Å². The minimum Gasteiger partial charge on any atom is -0.327 e. The van der Waals surface area contributed by atoms with Gasteiger partial charge >= 0.3 is 0 Å². The first-order valence-electron chi connectivity index (χ1n) is 6.47. The summed E-state index contributed by atoms with van der Waals surface area (Å²) in [5.74, 6) is -0.201. The number of hydrogen-bond acceptors (Lipinski definition) is 4. The number of nitrogens with two attached hydrogens (primary N) is 1. The highest BCUT2D eigenvalue weighted by molar-refractivity contribution is 5.93. The highest BCUT2D eigenvalue weighted by atomic mass is 35.5.